The number of ether oxygens (including phenoxy) is 1. The largest absolute Gasteiger partial charge is 0.462 e. The lowest BCUT2D eigenvalue weighted by molar-refractivity contribution is 0.0498. The highest BCUT2D eigenvalue weighted by molar-refractivity contribution is 14.1. The Labute approximate surface area is 104 Å². The van der Waals surface area contributed by atoms with Gasteiger partial charge in [-0.2, -0.15) is 0 Å². The van der Waals surface area contributed by atoms with Crippen LogP contribution in [-0.4, -0.2) is 12.6 Å². The molecule has 0 fully saturated rings. The molecule has 0 atom stereocenters. The van der Waals surface area contributed by atoms with Crippen LogP contribution in [0.5, 0.6) is 0 Å². The van der Waals surface area contributed by atoms with Crippen molar-refractivity contribution in [2.24, 2.45) is 0 Å². The summed E-state index contributed by atoms with van der Waals surface area (Å²) in [6, 6.07) is 0.923. The fourth-order valence-electron chi connectivity index (χ4n) is 0.994. The normalized spacial score (nSPS) is 10.3. The molecule has 0 heterocycles. The van der Waals surface area contributed by atoms with Crippen molar-refractivity contribution in [2.75, 3.05) is 6.61 Å². The molecular formula is C10H8F3IO2. The third-order valence-corrected chi connectivity index (χ3v) is 2.54. The fraction of sp³-hybridized carbons (Fsp3) is 0.300. The van der Waals surface area contributed by atoms with Crippen molar-refractivity contribution >= 4 is 28.6 Å². The molecule has 1 aromatic rings. The number of benzene rings is 1. The Morgan fingerprint density at radius 1 is 1.31 bits per heavy atom. The molecule has 88 valence electrons. The topological polar surface area (TPSA) is 26.3 Å². The van der Waals surface area contributed by atoms with Crippen molar-refractivity contribution in [1.82, 2.24) is 0 Å². The van der Waals surface area contributed by atoms with Gasteiger partial charge in [0.15, 0.2) is 17.5 Å². The predicted octanol–water partition coefficient (Wildman–Crippen LogP) is 3.28. The summed E-state index contributed by atoms with van der Waals surface area (Å²) in [7, 11) is 0. The molecule has 0 aliphatic rings. The molecule has 0 amide bonds. The summed E-state index contributed by atoms with van der Waals surface area (Å²) < 4.78 is 43.6. The molecule has 0 N–H and O–H groups in total. The second kappa shape index (κ2) is 5.51. The van der Waals surface area contributed by atoms with Crippen LogP contribution in [0.25, 0.3) is 0 Å². The van der Waals surface area contributed by atoms with Crippen LogP contribution in [0.4, 0.5) is 13.2 Å². The van der Waals surface area contributed by atoms with E-state index in [1.165, 1.54) is 22.6 Å². The number of halogens is 4. The van der Waals surface area contributed by atoms with Crippen molar-refractivity contribution in [3.63, 3.8) is 0 Å². The number of hydrogen-bond acceptors (Lipinski definition) is 2. The van der Waals surface area contributed by atoms with Gasteiger partial charge in [0, 0.05) is 0 Å². The van der Waals surface area contributed by atoms with Crippen molar-refractivity contribution < 1.29 is 22.7 Å². The van der Waals surface area contributed by atoms with Crippen LogP contribution in [0.1, 0.15) is 23.7 Å². The van der Waals surface area contributed by atoms with Gasteiger partial charge in [-0.05, 0) is 35.1 Å². The van der Waals surface area contributed by atoms with Gasteiger partial charge in [-0.3, -0.25) is 0 Å². The highest BCUT2D eigenvalue weighted by atomic mass is 127. The summed E-state index contributed by atoms with van der Waals surface area (Å²) in [5.41, 5.74) is -0.586. The molecule has 6 heteroatoms. The Balaban J connectivity index is 3.10. The highest BCUT2D eigenvalue weighted by Crippen LogP contribution is 2.21. The maximum Gasteiger partial charge on any atom is 0.341 e. The molecule has 1 rings (SSSR count). The SMILES string of the molecule is CCCOC(=O)c1cc(I)c(F)c(F)c1F. The summed E-state index contributed by atoms with van der Waals surface area (Å²) >= 11 is 1.47. The van der Waals surface area contributed by atoms with Crippen molar-refractivity contribution in [3.8, 4) is 0 Å². The van der Waals surface area contributed by atoms with Gasteiger partial charge in [-0.1, -0.05) is 6.92 Å². The number of esters is 1. The van der Waals surface area contributed by atoms with E-state index in [1.54, 1.807) is 6.92 Å². The Morgan fingerprint density at radius 2 is 1.94 bits per heavy atom. The third kappa shape index (κ3) is 2.66. The molecule has 0 bridgehead atoms. The third-order valence-electron chi connectivity index (χ3n) is 1.76. The average molecular weight is 344 g/mol. The Bertz CT molecular complexity index is 421. The molecule has 0 aromatic heterocycles. The number of rotatable bonds is 3. The molecule has 0 saturated heterocycles. The number of carbonyl (C=O) groups excluding carboxylic acids is 1. The smallest absolute Gasteiger partial charge is 0.341 e. The van der Waals surface area contributed by atoms with Crippen molar-refractivity contribution in [2.45, 2.75) is 13.3 Å². The monoisotopic (exact) mass is 344 g/mol. The van der Waals surface area contributed by atoms with E-state index in [-0.39, 0.29) is 10.2 Å². The van der Waals surface area contributed by atoms with E-state index < -0.39 is 29.0 Å². The van der Waals surface area contributed by atoms with Crippen molar-refractivity contribution in [1.29, 1.82) is 0 Å². The minimum Gasteiger partial charge on any atom is -0.462 e. The van der Waals surface area contributed by atoms with Gasteiger partial charge in [0.25, 0.3) is 0 Å². The number of carbonyl (C=O) groups is 1. The van der Waals surface area contributed by atoms with Gasteiger partial charge >= 0.3 is 5.97 Å². The first-order valence-electron chi connectivity index (χ1n) is 4.49. The Kier molecular flexibility index (Phi) is 4.57. The molecule has 0 aliphatic heterocycles. The first-order chi connectivity index (χ1) is 7.49. The van der Waals surface area contributed by atoms with E-state index in [9.17, 15) is 18.0 Å². The second-order valence-corrected chi connectivity index (χ2v) is 4.15. The zero-order valence-corrected chi connectivity index (χ0v) is 10.5. The van der Waals surface area contributed by atoms with Crippen LogP contribution in [0.3, 0.4) is 0 Å². The van der Waals surface area contributed by atoms with Gasteiger partial charge in [0.05, 0.1) is 15.7 Å². The van der Waals surface area contributed by atoms with E-state index >= 15 is 0 Å². The molecule has 0 radical (unpaired) electrons. The molecule has 0 unspecified atom stereocenters. The van der Waals surface area contributed by atoms with E-state index in [2.05, 4.69) is 4.74 Å². The molecule has 2 nitrogen and oxygen atoms in total. The standard InChI is InChI=1S/C10H8F3IO2/c1-2-3-16-10(15)5-4-6(14)8(12)9(13)7(5)11/h4H,2-3H2,1H3. The minimum absolute atomic E-state index is 0.105. The zero-order chi connectivity index (χ0) is 12.3. The number of hydrogen-bond donors (Lipinski definition) is 0. The van der Waals surface area contributed by atoms with Crippen molar-refractivity contribution in [3.05, 3.63) is 32.7 Å². The summed E-state index contributed by atoms with van der Waals surface area (Å²) in [6.07, 6.45) is 0.564. The van der Waals surface area contributed by atoms with Crippen LogP contribution < -0.4 is 0 Å². The zero-order valence-electron chi connectivity index (χ0n) is 8.32. The summed E-state index contributed by atoms with van der Waals surface area (Å²) in [6.45, 7) is 1.87. The van der Waals surface area contributed by atoms with E-state index in [0.717, 1.165) is 6.07 Å². The van der Waals surface area contributed by atoms with E-state index in [1.807, 2.05) is 0 Å². The summed E-state index contributed by atoms with van der Waals surface area (Å²) in [5, 5.41) is 0. The average Bonchev–Trinajstić information content (AvgIpc) is 2.28. The predicted molar refractivity (Wildman–Crippen MR) is 59.6 cm³/mol. The fourth-order valence-corrected chi connectivity index (χ4v) is 1.54. The molecule has 0 spiro atoms. The summed E-state index contributed by atoms with van der Waals surface area (Å²) in [5.74, 6) is -5.46. The summed E-state index contributed by atoms with van der Waals surface area (Å²) in [4.78, 5) is 11.3. The van der Waals surface area contributed by atoms with Crippen LogP contribution in [0, 0.1) is 21.0 Å². The lowest BCUT2D eigenvalue weighted by Gasteiger charge is -2.06. The molecule has 1 aromatic carbocycles. The Morgan fingerprint density at radius 3 is 2.50 bits per heavy atom. The van der Waals surface area contributed by atoms with Crippen LogP contribution in [0.2, 0.25) is 0 Å². The maximum atomic E-state index is 13.2. The highest BCUT2D eigenvalue weighted by Gasteiger charge is 2.22. The molecule has 16 heavy (non-hydrogen) atoms. The van der Waals surface area contributed by atoms with Gasteiger partial charge in [0.1, 0.15) is 0 Å². The Hall–Kier alpha value is -0.790. The second-order valence-electron chi connectivity index (χ2n) is 2.98. The van der Waals surface area contributed by atoms with Gasteiger partial charge in [0.2, 0.25) is 0 Å². The maximum absolute atomic E-state index is 13.2. The van der Waals surface area contributed by atoms with Crippen LogP contribution in [0.15, 0.2) is 6.07 Å². The van der Waals surface area contributed by atoms with E-state index in [0.29, 0.717) is 6.42 Å². The first kappa shape index (κ1) is 13.3. The van der Waals surface area contributed by atoms with Gasteiger partial charge < -0.3 is 4.74 Å². The van der Waals surface area contributed by atoms with Gasteiger partial charge in [-0.15, -0.1) is 0 Å². The van der Waals surface area contributed by atoms with Crippen LogP contribution in [-0.2, 0) is 4.74 Å². The lowest BCUT2D eigenvalue weighted by atomic mass is 10.2. The molecular weight excluding hydrogens is 336 g/mol. The molecule has 0 aliphatic carbocycles. The lowest BCUT2D eigenvalue weighted by Crippen LogP contribution is -2.11. The van der Waals surface area contributed by atoms with Gasteiger partial charge in [-0.25, -0.2) is 18.0 Å². The minimum atomic E-state index is -1.66. The first-order valence-corrected chi connectivity index (χ1v) is 5.57. The van der Waals surface area contributed by atoms with E-state index in [4.69, 9.17) is 0 Å². The molecule has 0 saturated carbocycles. The quantitative estimate of drug-likeness (QED) is 0.364. The van der Waals surface area contributed by atoms with Crippen LogP contribution >= 0.6 is 22.6 Å².